The molecule has 57 heavy (non-hydrogen) atoms. The zero-order chi connectivity index (χ0) is 37.9. The van der Waals surface area contributed by atoms with E-state index in [1.165, 1.54) is 54.2 Å². The van der Waals surface area contributed by atoms with E-state index in [0.29, 0.717) is 5.71 Å². The van der Waals surface area contributed by atoms with Crippen LogP contribution in [0.1, 0.15) is 16.7 Å². The third-order valence-corrected chi connectivity index (χ3v) is 11.4. The Morgan fingerprint density at radius 3 is 1.75 bits per heavy atom. The van der Waals surface area contributed by atoms with Crippen LogP contribution in [0.25, 0.3) is 93.0 Å². The Kier molecular flexibility index (Phi) is 7.65. The van der Waals surface area contributed by atoms with E-state index >= 15 is 0 Å². The van der Waals surface area contributed by atoms with E-state index in [-0.39, 0.29) is 5.84 Å². The molecule has 1 N–H and O–H groups in total. The molecular formula is C54H34N2O. The molecule has 0 bridgehead atoms. The molecule has 0 aliphatic heterocycles. The lowest BCUT2D eigenvalue weighted by Crippen LogP contribution is -2.04. The summed E-state index contributed by atoms with van der Waals surface area (Å²) in [7, 11) is 0. The molecule has 3 nitrogen and oxygen atoms in total. The summed E-state index contributed by atoms with van der Waals surface area (Å²) < 4.78 is 6.32. The molecule has 0 aliphatic carbocycles. The SMILES string of the molecule is N=C(N=C(/C=C/c1c2ccccc2c(-c2c3ccccc3cc3c2ccc2ccccc23)c2ccccc12)c1cccc2oc3ccccc3c12)c1ccccc1. The minimum absolute atomic E-state index is 0.195. The molecule has 0 radical (unpaired) electrons. The van der Waals surface area contributed by atoms with Crippen molar-refractivity contribution in [3.8, 4) is 11.1 Å². The molecule has 0 atom stereocenters. The number of para-hydroxylation sites is 1. The predicted octanol–water partition coefficient (Wildman–Crippen LogP) is 14.5. The summed E-state index contributed by atoms with van der Waals surface area (Å²) in [6.45, 7) is 0. The van der Waals surface area contributed by atoms with Crippen molar-refractivity contribution in [1.82, 2.24) is 0 Å². The second-order valence-electron chi connectivity index (χ2n) is 14.6. The van der Waals surface area contributed by atoms with E-state index in [2.05, 4.69) is 140 Å². The van der Waals surface area contributed by atoms with Gasteiger partial charge in [-0.2, -0.15) is 0 Å². The van der Waals surface area contributed by atoms with Crippen LogP contribution in [0.4, 0.5) is 0 Å². The predicted molar refractivity (Wildman–Crippen MR) is 242 cm³/mol. The molecule has 10 aromatic carbocycles. The molecule has 0 saturated heterocycles. The Balaban J connectivity index is 1.19. The van der Waals surface area contributed by atoms with E-state index in [1.54, 1.807) is 0 Å². The van der Waals surface area contributed by atoms with Gasteiger partial charge in [0.2, 0.25) is 0 Å². The number of fused-ring (bicyclic) bond motifs is 9. The van der Waals surface area contributed by atoms with Crippen LogP contribution in [0.5, 0.6) is 0 Å². The molecule has 0 unspecified atom stereocenters. The lowest BCUT2D eigenvalue weighted by atomic mass is 9.83. The number of aliphatic imine (C=N–C) groups is 1. The number of benzene rings is 10. The molecule has 0 fully saturated rings. The second-order valence-corrected chi connectivity index (χ2v) is 14.6. The van der Waals surface area contributed by atoms with E-state index in [1.807, 2.05) is 60.7 Å². The highest BCUT2D eigenvalue weighted by Crippen LogP contribution is 2.46. The van der Waals surface area contributed by atoms with Crippen molar-refractivity contribution in [2.45, 2.75) is 0 Å². The average molecular weight is 727 g/mol. The summed E-state index contributed by atoms with van der Waals surface area (Å²) in [5.74, 6) is 0.195. The molecular weight excluding hydrogens is 693 g/mol. The normalized spacial score (nSPS) is 12.3. The van der Waals surface area contributed by atoms with Gasteiger partial charge in [0.05, 0.1) is 5.71 Å². The fourth-order valence-electron chi connectivity index (χ4n) is 8.82. The first-order chi connectivity index (χ1) is 28.2. The quantitative estimate of drug-likeness (QED) is 0.0816. The minimum atomic E-state index is 0.195. The van der Waals surface area contributed by atoms with Crippen molar-refractivity contribution < 1.29 is 4.42 Å². The second kappa shape index (κ2) is 13.3. The van der Waals surface area contributed by atoms with Crippen molar-refractivity contribution in [3.63, 3.8) is 0 Å². The van der Waals surface area contributed by atoms with E-state index in [4.69, 9.17) is 14.8 Å². The molecule has 1 heterocycles. The number of rotatable bonds is 5. The lowest BCUT2D eigenvalue weighted by molar-refractivity contribution is 0.669. The fourth-order valence-corrected chi connectivity index (χ4v) is 8.82. The van der Waals surface area contributed by atoms with Gasteiger partial charge >= 0.3 is 0 Å². The number of furan rings is 1. The third-order valence-electron chi connectivity index (χ3n) is 11.4. The monoisotopic (exact) mass is 726 g/mol. The van der Waals surface area contributed by atoms with Crippen LogP contribution in [0.2, 0.25) is 0 Å². The summed E-state index contributed by atoms with van der Waals surface area (Å²) >= 11 is 0. The molecule has 1 aromatic heterocycles. The topological polar surface area (TPSA) is 49.4 Å². The first-order valence-electron chi connectivity index (χ1n) is 19.3. The van der Waals surface area contributed by atoms with Gasteiger partial charge in [-0.3, -0.25) is 5.41 Å². The largest absolute Gasteiger partial charge is 0.456 e. The number of allylic oxidation sites excluding steroid dienone is 1. The van der Waals surface area contributed by atoms with Gasteiger partial charge in [0, 0.05) is 21.9 Å². The number of hydrogen-bond donors (Lipinski definition) is 1. The zero-order valence-electron chi connectivity index (χ0n) is 30.9. The highest BCUT2D eigenvalue weighted by molar-refractivity contribution is 6.29. The van der Waals surface area contributed by atoms with Crippen LogP contribution >= 0.6 is 0 Å². The summed E-state index contributed by atoms with van der Waals surface area (Å²) in [4.78, 5) is 5.06. The standard InChI is InChI=1S/C54H34N2O/c55-54(35-16-2-1-3-17-35)56-48(45-26-14-28-50-51(45)46-25-12-13-27-49(46)57-50)32-31-41-39-21-8-10-23-42(39)53(43-24-11-9-22-40(41)43)52-38-20-7-5-18-36(38)33-47-37-19-6-4-15-34(37)29-30-44(47)52/h1-33,55H/b32-31+,55-54?,56-48?. The van der Waals surface area contributed by atoms with Gasteiger partial charge < -0.3 is 4.42 Å². The van der Waals surface area contributed by atoms with E-state index in [9.17, 15) is 0 Å². The van der Waals surface area contributed by atoms with Gasteiger partial charge in [-0.1, -0.05) is 176 Å². The van der Waals surface area contributed by atoms with Crippen molar-refractivity contribution in [2.24, 2.45) is 4.99 Å². The fraction of sp³-hybridized carbons (Fsp3) is 0. The molecule has 11 rings (SSSR count). The van der Waals surface area contributed by atoms with Gasteiger partial charge in [0.15, 0.2) is 5.84 Å². The highest BCUT2D eigenvalue weighted by atomic mass is 16.3. The summed E-state index contributed by atoms with van der Waals surface area (Å²) in [6.07, 6.45) is 4.28. The Bertz CT molecular complexity index is 3420. The van der Waals surface area contributed by atoms with Crippen LogP contribution in [-0.4, -0.2) is 11.5 Å². The number of nitrogens with one attached hydrogen (secondary N) is 1. The van der Waals surface area contributed by atoms with E-state index < -0.39 is 0 Å². The summed E-state index contributed by atoms with van der Waals surface area (Å²) in [6, 6.07) is 65.9. The van der Waals surface area contributed by atoms with Crippen molar-refractivity contribution in [3.05, 3.63) is 211 Å². The van der Waals surface area contributed by atoms with Crippen LogP contribution < -0.4 is 0 Å². The molecule has 11 aromatic rings. The highest BCUT2D eigenvalue weighted by Gasteiger charge is 2.20. The van der Waals surface area contributed by atoms with Gasteiger partial charge in [0.1, 0.15) is 11.2 Å². The molecule has 0 spiro atoms. The van der Waals surface area contributed by atoms with Crippen LogP contribution in [0, 0.1) is 5.41 Å². The van der Waals surface area contributed by atoms with Crippen molar-refractivity contribution in [1.29, 1.82) is 5.41 Å². The smallest absolute Gasteiger partial charge is 0.152 e. The van der Waals surface area contributed by atoms with Crippen molar-refractivity contribution >= 4 is 93.4 Å². The number of hydrogen-bond acceptors (Lipinski definition) is 2. The van der Waals surface area contributed by atoms with Gasteiger partial charge in [0.25, 0.3) is 0 Å². The van der Waals surface area contributed by atoms with Gasteiger partial charge in [-0.25, -0.2) is 4.99 Å². The molecule has 0 aliphatic rings. The number of nitrogens with zero attached hydrogens (tertiary/aromatic N) is 1. The number of amidine groups is 1. The average Bonchev–Trinajstić information content (AvgIpc) is 3.66. The molecule has 0 saturated carbocycles. The van der Waals surface area contributed by atoms with Gasteiger partial charge in [-0.05, 0) is 94.8 Å². The maximum Gasteiger partial charge on any atom is 0.152 e. The Morgan fingerprint density at radius 2 is 1.00 bits per heavy atom. The van der Waals surface area contributed by atoms with Crippen LogP contribution in [0.3, 0.4) is 0 Å². The van der Waals surface area contributed by atoms with Crippen LogP contribution in [-0.2, 0) is 0 Å². The summed E-state index contributed by atoms with van der Waals surface area (Å²) in [5.41, 5.74) is 7.53. The Morgan fingerprint density at radius 1 is 0.439 bits per heavy atom. The minimum Gasteiger partial charge on any atom is -0.456 e. The maximum atomic E-state index is 9.15. The van der Waals surface area contributed by atoms with E-state index in [0.717, 1.165) is 49.4 Å². The summed E-state index contributed by atoms with van der Waals surface area (Å²) in [5, 5.41) is 23.2. The molecule has 0 amide bonds. The third kappa shape index (κ3) is 5.36. The first-order valence-corrected chi connectivity index (χ1v) is 19.3. The first kappa shape index (κ1) is 32.8. The Labute approximate surface area is 329 Å². The molecule has 3 heteroatoms. The lowest BCUT2D eigenvalue weighted by Gasteiger charge is -2.20. The zero-order valence-corrected chi connectivity index (χ0v) is 30.9. The van der Waals surface area contributed by atoms with Gasteiger partial charge in [-0.15, -0.1) is 0 Å². The van der Waals surface area contributed by atoms with Crippen molar-refractivity contribution in [2.75, 3.05) is 0 Å². The molecule has 266 valence electrons. The Hall–Kier alpha value is -7.62. The van der Waals surface area contributed by atoms with Crippen LogP contribution in [0.15, 0.2) is 204 Å². The maximum absolute atomic E-state index is 9.15.